The van der Waals surface area contributed by atoms with Crippen LogP contribution >= 0.6 is 0 Å². The maximum Gasteiger partial charge on any atom is 0.251 e. The van der Waals surface area contributed by atoms with E-state index in [2.05, 4.69) is 24.5 Å². The van der Waals surface area contributed by atoms with Gasteiger partial charge in [-0.1, -0.05) is 155 Å². The topological polar surface area (TPSA) is 58.2 Å². The van der Waals surface area contributed by atoms with E-state index in [1.807, 2.05) is 0 Å². The monoisotopic (exact) mass is 556 g/mol. The Labute approximate surface area is 248 Å². The summed E-state index contributed by atoms with van der Waals surface area (Å²) in [5, 5.41) is 6.05. The number of benzene rings is 1. The van der Waals surface area contributed by atoms with E-state index in [0.29, 0.717) is 11.1 Å². The summed E-state index contributed by atoms with van der Waals surface area (Å²) in [6, 6.07) is 7.04. The SMILES string of the molecule is CCCCCCCCCCCCCCNC(=O)c1ccc(C(=O)NCCCCCCCCCCCCCC)cc1. The third kappa shape index (κ3) is 21.0. The molecule has 0 unspecified atom stereocenters. The van der Waals surface area contributed by atoms with Crippen molar-refractivity contribution < 1.29 is 9.59 Å². The van der Waals surface area contributed by atoms with Gasteiger partial charge in [-0.05, 0) is 37.1 Å². The molecule has 1 rings (SSSR count). The molecule has 0 aliphatic carbocycles. The second-order valence-electron chi connectivity index (χ2n) is 11.9. The molecule has 0 saturated carbocycles. The predicted molar refractivity (Wildman–Crippen MR) is 173 cm³/mol. The highest BCUT2D eigenvalue weighted by atomic mass is 16.2. The van der Waals surface area contributed by atoms with Crippen molar-refractivity contribution in [2.75, 3.05) is 13.1 Å². The minimum atomic E-state index is -0.0495. The molecule has 4 nitrogen and oxygen atoms in total. The highest BCUT2D eigenvalue weighted by molar-refractivity contribution is 5.97. The molecule has 0 spiro atoms. The maximum absolute atomic E-state index is 12.4. The van der Waals surface area contributed by atoms with Crippen molar-refractivity contribution in [3.63, 3.8) is 0 Å². The molecule has 1 aromatic rings. The summed E-state index contributed by atoms with van der Waals surface area (Å²) in [5.74, 6) is -0.0990. The van der Waals surface area contributed by atoms with Crippen LogP contribution in [-0.4, -0.2) is 24.9 Å². The Morgan fingerprint density at radius 3 is 0.875 bits per heavy atom. The van der Waals surface area contributed by atoms with Crippen LogP contribution in [0.15, 0.2) is 24.3 Å². The van der Waals surface area contributed by atoms with Gasteiger partial charge in [-0.15, -0.1) is 0 Å². The molecule has 0 aliphatic heterocycles. The lowest BCUT2D eigenvalue weighted by molar-refractivity contribution is 0.0941. The first-order chi connectivity index (χ1) is 19.7. The Hall–Kier alpha value is -1.84. The molecule has 40 heavy (non-hydrogen) atoms. The molecular formula is C36H64N2O2. The molecule has 0 aromatic heterocycles. The fourth-order valence-electron chi connectivity index (χ4n) is 5.31. The third-order valence-corrected chi connectivity index (χ3v) is 8.04. The number of hydrogen-bond donors (Lipinski definition) is 2. The molecule has 0 fully saturated rings. The summed E-state index contributed by atoms with van der Waals surface area (Å²) in [5.41, 5.74) is 1.24. The van der Waals surface area contributed by atoms with Crippen LogP contribution in [0.1, 0.15) is 189 Å². The normalized spacial score (nSPS) is 11.1. The first kappa shape index (κ1) is 36.2. The van der Waals surface area contributed by atoms with Crippen LogP contribution in [0.3, 0.4) is 0 Å². The zero-order chi connectivity index (χ0) is 28.9. The largest absolute Gasteiger partial charge is 0.352 e. The van der Waals surface area contributed by atoms with Crippen molar-refractivity contribution in [2.24, 2.45) is 0 Å². The molecule has 0 saturated heterocycles. The van der Waals surface area contributed by atoms with Gasteiger partial charge >= 0.3 is 0 Å². The first-order valence-corrected chi connectivity index (χ1v) is 17.4. The lowest BCUT2D eigenvalue weighted by Gasteiger charge is -2.08. The number of nitrogens with one attached hydrogen (secondary N) is 2. The molecule has 0 bridgehead atoms. The smallest absolute Gasteiger partial charge is 0.251 e. The highest BCUT2D eigenvalue weighted by Gasteiger charge is 2.08. The molecule has 0 radical (unpaired) electrons. The lowest BCUT2D eigenvalue weighted by atomic mass is 10.1. The van der Waals surface area contributed by atoms with E-state index in [1.165, 1.54) is 141 Å². The summed E-state index contributed by atoms with van der Waals surface area (Å²) in [7, 11) is 0. The van der Waals surface area contributed by atoms with Gasteiger partial charge in [-0.25, -0.2) is 0 Å². The molecule has 0 heterocycles. The number of carbonyl (C=O) groups excluding carboxylic acids is 2. The third-order valence-electron chi connectivity index (χ3n) is 8.04. The lowest BCUT2D eigenvalue weighted by Crippen LogP contribution is -2.26. The van der Waals surface area contributed by atoms with E-state index >= 15 is 0 Å². The molecule has 230 valence electrons. The minimum Gasteiger partial charge on any atom is -0.352 e. The molecule has 2 N–H and O–H groups in total. The second kappa shape index (κ2) is 27.3. The summed E-state index contributed by atoms with van der Waals surface area (Å²) in [6.07, 6.45) is 31.6. The Balaban J connectivity index is 1.99. The van der Waals surface area contributed by atoms with Crippen molar-refractivity contribution in [2.45, 2.75) is 168 Å². The van der Waals surface area contributed by atoms with Gasteiger partial charge in [0.2, 0.25) is 0 Å². The Morgan fingerprint density at radius 2 is 0.625 bits per heavy atom. The summed E-state index contributed by atoms with van der Waals surface area (Å²) in [4.78, 5) is 24.8. The fraction of sp³-hybridized carbons (Fsp3) is 0.778. The van der Waals surface area contributed by atoms with E-state index in [0.717, 1.165) is 25.9 Å². The van der Waals surface area contributed by atoms with Crippen molar-refractivity contribution in [1.29, 1.82) is 0 Å². The van der Waals surface area contributed by atoms with Gasteiger partial charge in [-0.3, -0.25) is 9.59 Å². The van der Waals surface area contributed by atoms with Crippen LogP contribution < -0.4 is 10.6 Å². The van der Waals surface area contributed by atoms with Gasteiger partial charge in [0.25, 0.3) is 11.8 Å². The Morgan fingerprint density at radius 1 is 0.400 bits per heavy atom. The second-order valence-corrected chi connectivity index (χ2v) is 11.9. The van der Waals surface area contributed by atoms with Crippen LogP contribution in [0, 0.1) is 0 Å². The van der Waals surface area contributed by atoms with Gasteiger partial charge in [0, 0.05) is 24.2 Å². The van der Waals surface area contributed by atoms with E-state index in [1.54, 1.807) is 24.3 Å². The number of unbranched alkanes of at least 4 members (excludes halogenated alkanes) is 22. The van der Waals surface area contributed by atoms with Gasteiger partial charge in [0.05, 0.1) is 0 Å². The predicted octanol–water partition coefficient (Wildman–Crippen LogP) is 10.5. The molecule has 1 aromatic carbocycles. The van der Waals surface area contributed by atoms with Crippen molar-refractivity contribution in [3.05, 3.63) is 35.4 Å². The van der Waals surface area contributed by atoms with Crippen LogP contribution in [0.25, 0.3) is 0 Å². The van der Waals surface area contributed by atoms with Gasteiger partial charge < -0.3 is 10.6 Å². The highest BCUT2D eigenvalue weighted by Crippen LogP contribution is 2.13. The molecular weight excluding hydrogens is 492 g/mol. The quantitative estimate of drug-likeness (QED) is 0.101. The van der Waals surface area contributed by atoms with E-state index in [-0.39, 0.29) is 11.8 Å². The maximum atomic E-state index is 12.4. The van der Waals surface area contributed by atoms with Crippen LogP contribution in [-0.2, 0) is 0 Å². The number of hydrogen-bond acceptors (Lipinski definition) is 2. The standard InChI is InChI=1S/C36H64N2O2/c1-3-5-7-9-11-13-15-17-19-21-23-25-31-37-35(39)33-27-29-34(30-28-33)36(40)38-32-26-24-22-20-18-16-14-12-10-8-6-4-2/h27-30H,3-26,31-32H2,1-2H3,(H,37,39)(H,38,40). The number of rotatable bonds is 28. The summed E-state index contributed by atoms with van der Waals surface area (Å²) < 4.78 is 0. The minimum absolute atomic E-state index is 0.0495. The Kier molecular flexibility index (Phi) is 24.7. The molecule has 2 amide bonds. The fourth-order valence-corrected chi connectivity index (χ4v) is 5.31. The zero-order valence-corrected chi connectivity index (χ0v) is 26.5. The van der Waals surface area contributed by atoms with E-state index < -0.39 is 0 Å². The average Bonchev–Trinajstić information content (AvgIpc) is 2.97. The summed E-state index contributed by atoms with van der Waals surface area (Å²) >= 11 is 0. The van der Waals surface area contributed by atoms with E-state index in [4.69, 9.17) is 0 Å². The Bertz CT molecular complexity index is 655. The average molecular weight is 557 g/mol. The molecule has 0 aliphatic rings. The van der Waals surface area contributed by atoms with Gasteiger partial charge in [0.15, 0.2) is 0 Å². The number of carbonyl (C=O) groups is 2. The van der Waals surface area contributed by atoms with Crippen LogP contribution in [0.4, 0.5) is 0 Å². The van der Waals surface area contributed by atoms with Crippen LogP contribution in [0.2, 0.25) is 0 Å². The first-order valence-electron chi connectivity index (χ1n) is 17.4. The van der Waals surface area contributed by atoms with E-state index in [9.17, 15) is 9.59 Å². The van der Waals surface area contributed by atoms with Crippen molar-refractivity contribution in [3.8, 4) is 0 Å². The zero-order valence-electron chi connectivity index (χ0n) is 26.5. The summed E-state index contributed by atoms with van der Waals surface area (Å²) in [6.45, 7) is 5.98. The van der Waals surface area contributed by atoms with Crippen molar-refractivity contribution in [1.82, 2.24) is 10.6 Å². The van der Waals surface area contributed by atoms with Gasteiger partial charge in [-0.2, -0.15) is 0 Å². The number of amides is 2. The van der Waals surface area contributed by atoms with Gasteiger partial charge in [0.1, 0.15) is 0 Å². The molecule has 4 heteroatoms. The van der Waals surface area contributed by atoms with Crippen LogP contribution in [0.5, 0.6) is 0 Å². The van der Waals surface area contributed by atoms with Crippen molar-refractivity contribution >= 4 is 11.8 Å². The molecule has 0 atom stereocenters.